The molecule has 0 unspecified atom stereocenters. The van der Waals surface area contributed by atoms with Crippen LogP contribution in [0.2, 0.25) is 0 Å². The molecule has 114 valence electrons. The van der Waals surface area contributed by atoms with Crippen LogP contribution in [0.5, 0.6) is 0 Å². The fourth-order valence-corrected chi connectivity index (χ4v) is 3.35. The highest BCUT2D eigenvalue weighted by Gasteiger charge is 2.29. The molecule has 2 heterocycles. The molecule has 1 atom stereocenters. The summed E-state index contributed by atoms with van der Waals surface area (Å²) in [5, 5.41) is 10.3. The van der Waals surface area contributed by atoms with Gasteiger partial charge in [0.05, 0.1) is 12.2 Å². The minimum absolute atomic E-state index is 0.164. The summed E-state index contributed by atoms with van der Waals surface area (Å²) in [4.78, 5) is 38.3. The van der Waals surface area contributed by atoms with Gasteiger partial charge in [0.15, 0.2) is 0 Å². The molecule has 0 radical (unpaired) electrons. The van der Waals surface area contributed by atoms with E-state index >= 15 is 0 Å². The Bertz CT molecular complexity index is 546. The van der Waals surface area contributed by atoms with Gasteiger partial charge >= 0.3 is 6.03 Å². The molecule has 7 nitrogen and oxygen atoms in total. The number of hydrogen-bond donors (Lipinski definition) is 3. The Morgan fingerprint density at radius 3 is 3.00 bits per heavy atom. The third-order valence-corrected chi connectivity index (χ3v) is 4.49. The number of amides is 4. The summed E-state index contributed by atoms with van der Waals surface area (Å²) in [5.74, 6) is 0.326. The molecule has 0 spiro atoms. The second kappa shape index (κ2) is 7.41. The lowest BCUT2D eigenvalue weighted by molar-refractivity contribution is -0.122. The van der Waals surface area contributed by atoms with E-state index in [0.29, 0.717) is 6.54 Å². The summed E-state index contributed by atoms with van der Waals surface area (Å²) < 4.78 is 0. The van der Waals surface area contributed by atoms with Gasteiger partial charge < -0.3 is 10.6 Å². The van der Waals surface area contributed by atoms with Crippen LogP contribution >= 0.6 is 23.1 Å². The highest BCUT2D eigenvalue weighted by molar-refractivity contribution is 7.97. The molecule has 1 aliphatic rings. The van der Waals surface area contributed by atoms with E-state index in [2.05, 4.69) is 20.9 Å². The molecule has 0 aliphatic carbocycles. The average Bonchev–Trinajstić information content (AvgIpc) is 3.01. The highest BCUT2D eigenvalue weighted by Crippen LogP contribution is 2.14. The number of carbonyl (C=O) groups excluding carboxylic acids is 3. The number of nitrogens with one attached hydrogen (secondary N) is 3. The number of hydrogen-bond acceptors (Lipinski definition) is 6. The minimum Gasteiger partial charge on any atom is -0.350 e. The fraction of sp³-hybridized carbons (Fsp3) is 0.500. The van der Waals surface area contributed by atoms with E-state index < -0.39 is 12.1 Å². The topological polar surface area (TPSA) is 100 Å². The number of thiazole rings is 1. The smallest absolute Gasteiger partial charge is 0.322 e. The molecular formula is C12H16N4O3S2. The van der Waals surface area contributed by atoms with Crippen LogP contribution in [-0.4, -0.2) is 35.1 Å². The zero-order valence-corrected chi connectivity index (χ0v) is 13.1. The van der Waals surface area contributed by atoms with E-state index in [0.717, 1.165) is 16.5 Å². The molecule has 4 amide bonds. The molecule has 3 N–H and O–H groups in total. The summed E-state index contributed by atoms with van der Waals surface area (Å²) in [6.45, 7) is 0.382. The summed E-state index contributed by atoms with van der Waals surface area (Å²) in [7, 11) is 0. The second-order valence-electron chi connectivity index (χ2n) is 4.50. The number of imide groups is 1. The number of nitrogens with zero attached hydrogens (tertiary/aromatic N) is 1. The normalized spacial score (nSPS) is 17.5. The average molecular weight is 328 g/mol. The molecule has 2 rings (SSSR count). The first kappa shape index (κ1) is 15.8. The Morgan fingerprint density at radius 1 is 1.52 bits per heavy atom. The highest BCUT2D eigenvalue weighted by atomic mass is 32.2. The molecule has 1 saturated heterocycles. The fourth-order valence-electron chi connectivity index (χ4n) is 1.83. The van der Waals surface area contributed by atoms with E-state index in [4.69, 9.17) is 0 Å². The van der Waals surface area contributed by atoms with Gasteiger partial charge in [-0.05, 0) is 12.7 Å². The Labute approximate surface area is 130 Å². The van der Waals surface area contributed by atoms with Crippen molar-refractivity contribution in [1.82, 2.24) is 20.9 Å². The van der Waals surface area contributed by atoms with Gasteiger partial charge in [0, 0.05) is 17.6 Å². The van der Waals surface area contributed by atoms with E-state index in [1.807, 2.05) is 11.6 Å². The maximum atomic E-state index is 11.7. The second-order valence-corrected chi connectivity index (χ2v) is 6.30. The van der Waals surface area contributed by atoms with Crippen LogP contribution < -0.4 is 16.0 Å². The first-order valence-corrected chi connectivity index (χ1v) is 8.66. The van der Waals surface area contributed by atoms with Crippen LogP contribution in [0.1, 0.15) is 23.5 Å². The van der Waals surface area contributed by atoms with Crippen molar-refractivity contribution in [2.75, 3.05) is 6.26 Å². The number of thioether (sulfide) groups is 1. The van der Waals surface area contributed by atoms with Gasteiger partial charge in [0.2, 0.25) is 5.91 Å². The van der Waals surface area contributed by atoms with Crippen LogP contribution in [-0.2, 0) is 21.9 Å². The van der Waals surface area contributed by atoms with Crippen LogP contribution in [0.3, 0.4) is 0 Å². The van der Waals surface area contributed by atoms with E-state index in [1.54, 1.807) is 23.1 Å². The van der Waals surface area contributed by atoms with Crippen molar-refractivity contribution in [3.8, 4) is 0 Å². The molecule has 0 bridgehead atoms. The molecule has 9 heteroatoms. The monoisotopic (exact) mass is 328 g/mol. The third kappa shape index (κ3) is 4.71. The summed E-state index contributed by atoms with van der Waals surface area (Å²) in [5.41, 5.74) is 0.837. The summed E-state index contributed by atoms with van der Waals surface area (Å²) >= 11 is 3.28. The predicted octanol–water partition coefficient (Wildman–Crippen LogP) is 0.610. The van der Waals surface area contributed by atoms with Crippen molar-refractivity contribution in [2.45, 2.75) is 31.2 Å². The van der Waals surface area contributed by atoms with Gasteiger partial charge in [-0.25, -0.2) is 9.78 Å². The Balaban J connectivity index is 1.69. The van der Waals surface area contributed by atoms with Crippen molar-refractivity contribution in [3.05, 3.63) is 16.1 Å². The van der Waals surface area contributed by atoms with Crippen LogP contribution in [0.25, 0.3) is 0 Å². The molecule has 0 saturated carbocycles. The molecule has 0 aromatic carbocycles. The largest absolute Gasteiger partial charge is 0.350 e. The minimum atomic E-state index is -0.615. The Kier molecular flexibility index (Phi) is 5.57. The Morgan fingerprint density at radius 2 is 2.33 bits per heavy atom. The van der Waals surface area contributed by atoms with Gasteiger partial charge in [-0.3, -0.25) is 14.9 Å². The van der Waals surface area contributed by atoms with E-state index in [-0.39, 0.29) is 24.7 Å². The standard InChI is InChI=1S/C12H16N4O3S2/c1-20-6-10-14-7(5-21-10)4-13-9(17)3-2-8-11(18)16-12(19)15-8/h5,8H,2-4,6H2,1H3,(H,13,17)(H2,15,16,18,19)/t8-/m0/s1. The first-order valence-electron chi connectivity index (χ1n) is 6.38. The molecule has 21 heavy (non-hydrogen) atoms. The van der Waals surface area contributed by atoms with Crippen molar-refractivity contribution in [3.63, 3.8) is 0 Å². The summed E-state index contributed by atoms with van der Waals surface area (Å²) in [6.07, 6.45) is 2.49. The molecule has 1 fully saturated rings. The SMILES string of the molecule is CSCc1nc(CNC(=O)CC[C@@H]2NC(=O)NC2=O)cs1. The van der Waals surface area contributed by atoms with Crippen molar-refractivity contribution < 1.29 is 14.4 Å². The van der Waals surface area contributed by atoms with Gasteiger partial charge in [0.1, 0.15) is 11.0 Å². The Hall–Kier alpha value is -1.61. The van der Waals surface area contributed by atoms with Crippen LogP contribution in [0, 0.1) is 0 Å². The van der Waals surface area contributed by atoms with Crippen molar-refractivity contribution >= 4 is 40.9 Å². The molecule has 1 aromatic heterocycles. The summed E-state index contributed by atoms with van der Waals surface area (Å²) in [6, 6.07) is -1.12. The van der Waals surface area contributed by atoms with Gasteiger partial charge in [-0.2, -0.15) is 11.8 Å². The number of urea groups is 1. The number of rotatable bonds is 7. The third-order valence-electron chi connectivity index (χ3n) is 2.85. The maximum absolute atomic E-state index is 11.7. The molecular weight excluding hydrogens is 312 g/mol. The maximum Gasteiger partial charge on any atom is 0.322 e. The van der Waals surface area contributed by atoms with Gasteiger partial charge in [-0.1, -0.05) is 0 Å². The molecule has 1 aromatic rings. The zero-order chi connectivity index (χ0) is 15.2. The lowest BCUT2D eigenvalue weighted by Crippen LogP contribution is -2.31. The predicted molar refractivity (Wildman–Crippen MR) is 80.9 cm³/mol. The quantitative estimate of drug-likeness (QED) is 0.637. The number of carbonyl (C=O) groups is 3. The van der Waals surface area contributed by atoms with Gasteiger partial charge in [-0.15, -0.1) is 11.3 Å². The molecule has 1 aliphatic heterocycles. The lowest BCUT2D eigenvalue weighted by Gasteiger charge is -2.07. The van der Waals surface area contributed by atoms with Crippen molar-refractivity contribution in [2.24, 2.45) is 0 Å². The first-order chi connectivity index (χ1) is 10.1. The lowest BCUT2D eigenvalue weighted by atomic mass is 10.1. The van der Waals surface area contributed by atoms with E-state index in [9.17, 15) is 14.4 Å². The number of aromatic nitrogens is 1. The van der Waals surface area contributed by atoms with Crippen molar-refractivity contribution in [1.29, 1.82) is 0 Å². The van der Waals surface area contributed by atoms with Gasteiger partial charge in [0.25, 0.3) is 5.91 Å². The zero-order valence-electron chi connectivity index (χ0n) is 11.5. The van der Waals surface area contributed by atoms with E-state index in [1.165, 1.54) is 0 Å². The van der Waals surface area contributed by atoms with Crippen LogP contribution in [0.15, 0.2) is 5.38 Å². The van der Waals surface area contributed by atoms with Crippen LogP contribution in [0.4, 0.5) is 4.79 Å².